The van der Waals surface area contributed by atoms with Crippen molar-refractivity contribution in [1.29, 1.82) is 0 Å². The lowest BCUT2D eigenvalue weighted by Gasteiger charge is -2.48. The van der Waals surface area contributed by atoms with E-state index in [2.05, 4.69) is 20.8 Å². The smallest absolute Gasteiger partial charge is 0.319 e. The number of β-amino-alcohol motifs (C(OH)–C–C–N with tert-alkyl or cyclic N) is 1. The summed E-state index contributed by atoms with van der Waals surface area (Å²) < 4.78 is 55.8. The van der Waals surface area contributed by atoms with Crippen molar-refractivity contribution in [3.05, 3.63) is 41.5 Å². The highest BCUT2D eigenvalue weighted by Crippen LogP contribution is 2.49. The second-order valence-electron chi connectivity index (χ2n) is 15.0. The van der Waals surface area contributed by atoms with E-state index in [9.17, 15) is 10.2 Å². The molecule has 4 aromatic rings. The molecular formula is C39H43F2N5O6. The van der Waals surface area contributed by atoms with E-state index in [1.54, 1.807) is 6.92 Å². The number of phenols is 1. The number of halogens is 2. The van der Waals surface area contributed by atoms with Gasteiger partial charge in [0.15, 0.2) is 5.82 Å². The summed E-state index contributed by atoms with van der Waals surface area (Å²) in [6.07, 6.45) is 11.0. The van der Waals surface area contributed by atoms with Gasteiger partial charge in [-0.05, 0) is 62.7 Å². The van der Waals surface area contributed by atoms with Crippen molar-refractivity contribution in [2.24, 2.45) is 11.3 Å². The van der Waals surface area contributed by atoms with E-state index in [4.69, 9.17) is 30.4 Å². The van der Waals surface area contributed by atoms with Crippen LogP contribution in [0, 0.1) is 35.3 Å². The minimum Gasteiger partial charge on any atom is -0.508 e. The molecule has 3 saturated heterocycles. The van der Waals surface area contributed by atoms with Crippen LogP contribution >= 0.6 is 0 Å². The SMILES string of the molecule is C#Cc1c(F)ccc2cc(O)cc(-c3nc(OC)c4c(N5CCOC[C@@](C)(O)C5)nc(OC[C@]56CCC[C@H]5N(CC5COC5)CCC6)nc4c3F)c12. The first-order valence-corrected chi connectivity index (χ1v) is 18.0. The minimum absolute atomic E-state index is 0.00902. The Hall–Kier alpha value is -4.35. The third-order valence-electron chi connectivity index (χ3n) is 11.2. The highest BCUT2D eigenvalue weighted by atomic mass is 19.1. The lowest BCUT2D eigenvalue weighted by Crippen LogP contribution is -2.54. The summed E-state index contributed by atoms with van der Waals surface area (Å²) in [4.78, 5) is 18.5. The molecule has 5 heterocycles. The topological polar surface area (TPSA) is 123 Å². The third-order valence-corrected chi connectivity index (χ3v) is 11.2. The normalized spacial score (nSPS) is 25.5. The number of ether oxygens (including phenoxy) is 4. The lowest BCUT2D eigenvalue weighted by atomic mass is 9.75. The summed E-state index contributed by atoms with van der Waals surface area (Å²) in [5.41, 5.74) is -1.75. The van der Waals surface area contributed by atoms with Crippen molar-refractivity contribution in [2.75, 3.05) is 71.2 Å². The van der Waals surface area contributed by atoms with Gasteiger partial charge in [-0.2, -0.15) is 9.97 Å². The third kappa shape index (κ3) is 6.15. The van der Waals surface area contributed by atoms with Crippen LogP contribution < -0.4 is 14.4 Å². The second kappa shape index (κ2) is 13.6. The van der Waals surface area contributed by atoms with E-state index in [-0.39, 0.29) is 81.7 Å². The summed E-state index contributed by atoms with van der Waals surface area (Å²) in [5, 5.41) is 22.6. The highest BCUT2D eigenvalue weighted by molar-refractivity contribution is 6.04. The molecule has 2 N–H and O–H groups in total. The fourth-order valence-corrected chi connectivity index (χ4v) is 8.82. The Morgan fingerprint density at radius 2 is 1.90 bits per heavy atom. The van der Waals surface area contributed by atoms with Crippen LogP contribution in [0.1, 0.15) is 44.6 Å². The number of aromatic hydroxyl groups is 1. The van der Waals surface area contributed by atoms with Gasteiger partial charge in [0.1, 0.15) is 39.6 Å². The lowest BCUT2D eigenvalue weighted by molar-refractivity contribution is -0.0731. The van der Waals surface area contributed by atoms with Crippen LogP contribution in [0.5, 0.6) is 17.6 Å². The van der Waals surface area contributed by atoms with E-state index >= 15 is 8.78 Å². The average Bonchev–Trinajstić information content (AvgIpc) is 3.46. The Bertz CT molecular complexity index is 2070. The summed E-state index contributed by atoms with van der Waals surface area (Å²) >= 11 is 0. The van der Waals surface area contributed by atoms with Crippen LogP contribution in [0.4, 0.5) is 14.6 Å². The van der Waals surface area contributed by atoms with Crippen LogP contribution in [-0.2, 0) is 9.47 Å². The zero-order valence-electron chi connectivity index (χ0n) is 29.5. The van der Waals surface area contributed by atoms with Crippen LogP contribution in [0.3, 0.4) is 0 Å². The van der Waals surface area contributed by atoms with Gasteiger partial charge in [-0.25, -0.2) is 13.8 Å². The summed E-state index contributed by atoms with van der Waals surface area (Å²) in [5.74, 6) is 1.48. The molecule has 8 rings (SSSR count). The van der Waals surface area contributed by atoms with Gasteiger partial charge in [-0.3, -0.25) is 4.90 Å². The number of anilines is 1. The number of hydrogen-bond acceptors (Lipinski definition) is 11. The summed E-state index contributed by atoms with van der Waals surface area (Å²) in [6, 6.07) is 5.73. The number of fused-ring (bicyclic) bond motifs is 3. The number of phenolic OH excluding ortho intramolecular Hbond substituents is 1. The van der Waals surface area contributed by atoms with Crippen molar-refractivity contribution in [3.63, 3.8) is 0 Å². The number of methoxy groups -OCH3 is 1. The largest absolute Gasteiger partial charge is 0.508 e. The molecule has 4 aliphatic rings. The number of likely N-dealkylation sites (tertiary alicyclic amines) is 1. The maximum absolute atomic E-state index is 17.2. The Balaban J connectivity index is 1.27. The first-order chi connectivity index (χ1) is 25.1. The van der Waals surface area contributed by atoms with Crippen molar-refractivity contribution in [3.8, 4) is 41.2 Å². The van der Waals surface area contributed by atoms with E-state index in [1.165, 1.54) is 31.4 Å². The molecule has 3 aliphatic heterocycles. The van der Waals surface area contributed by atoms with Gasteiger partial charge in [0, 0.05) is 41.4 Å². The number of terminal acetylenes is 1. The van der Waals surface area contributed by atoms with Gasteiger partial charge in [0.2, 0.25) is 5.88 Å². The van der Waals surface area contributed by atoms with Crippen molar-refractivity contribution >= 4 is 27.5 Å². The molecule has 274 valence electrons. The Kier molecular flexibility index (Phi) is 9.06. The highest BCUT2D eigenvalue weighted by Gasteiger charge is 2.49. The average molecular weight is 716 g/mol. The quantitative estimate of drug-likeness (QED) is 0.238. The molecule has 4 fully saturated rings. The molecule has 0 amide bonds. The predicted octanol–water partition coefficient (Wildman–Crippen LogP) is 5.07. The van der Waals surface area contributed by atoms with Gasteiger partial charge in [-0.1, -0.05) is 18.4 Å². The number of rotatable bonds is 8. The molecule has 52 heavy (non-hydrogen) atoms. The van der Waals surface area contributed by atoms with Gasteiger partial charge in [-0.15, -0.1) is 6.42 Å². The van der Waals surface area contributed by atoms with E-state index in [1.807, 2.05) is 4.90 Å². The maximum Gasteiger partial charge on any atom is 0.319 e. The van der Waals surface area contributed by atoms with E-state index in [0.29, 0.717) is 30.5 Å². The van der Waals surface area contributed by atoms with E-state index in [0.717, 1.165) is 58.4 Å². The van der Waals surface area contributed by atoms with Gasteiger partial charge in [0.25, 0.3) is 0 Å². The molecule has 2 aromatic heterocycles. The van der Waals surface area contributed by atoms with Crippen LogP contribution in [0.2, 0.25) is 0 Å². The van der Waals surface area contributed by atoms with Crippen LogP contribution in [0.25, 0.3) is 32.9 Å². The fraction of sp³-hybridized carbons (Fsp3) is 0.513. The second-order valence-corrected chi connectivity index (χ2v) is 15.0. The van der Waals surface area contributed by atoms with Gasteiger partial charge in [0.05, 0.1) is 52.3 Å². The first kappa shape index (κ1) is 34.7. The number of hydrogen-bond donors (Lipinski definition) is 2. The molecular weight excluding hydrogens is 672 g/mol. The maximum atomic E-state index is 17.2. The molecule has 2 aromatic carbocycles. The molecule has 13 heteroatoms. The molecule has 3 atom stereocenters. The first-order valence-electron chi connectivity index (χ1n) is 18.0. The fourth-order valence-electron chi connectivity index (χ4n) is 8.82. The Labute approximate surface area is 300 Å². The number of aliphatic hydroxyl groups is 1. The molecule has 11 nitrogen and oxygen atoms in total. The van der Waals surface area contributed by atoms with Crippen molar-refractivity contribution in [1.82, 2.24) is 19.9 Å². The predicted molar refractivity (Wildman–Crippen MR) is 191 cm³/mol. The number of pyridine rings is 1. The van der Waals surface area contributed by atoms with Crippen molar-refractivity contribution < 1.29 is 37.9 Å². The van der Waals surface area contributed by atoms with E-state index < -0.39 is 17.2 Å². The van der Waals surface area contributed by atoms with Crippen LogP contribution in [0.15, 0.2) is 24.3 Å². The van der Waals surface area contributed by atoms with Gasteiger partial charge >= 0.3 is 6.01 Å². The molecule has 0 unspecified atom stereocenters. The van der Waals surface area contributed by atoms with Gasteiger partial charge < -0.3 is 34.1 Å². The molecule has 0 spiro atoms. The number of nitrogens with zero attached hydrogens (tertiary/aromatic N) is 5. The summed E-state index contributed by atoms with van der Waals surface area (Å²) in [6.45, 7) is 6.55. The van der Waals surface area contributed by atoms with Crippen LogP contribution in [-0.4, -0.2) is 108 Å². The number of aromatic nitrogens is 3. The summed E-state index contributed by atoms with van der Waals surface area (Å²) in [7, 11) is 1.40. The Morgan fingerprint density at radius 3 is 2.67 bits per heavy atom. The number of benzene rings is 2. The minimum atomic E-state index is -1.24. The molecule has 1 saturated carbocycles. The van der Waals surface area contributed by atoms with Crippen molar-refractivity contribution in [2.45, 2.75) is 50.7 Å². The molecule has 0 radical (unpaired) electrons. The standard InChI is InChI=1S/C39H43F2N5O6/c1-4-26-28(40)9-8-24-15-25(47)16-27(30(24)26)33-32(41)34-31(36(42-33)49-3)35(46-13-14-50-21-38(2,48)20-46)44-37(43-34)52-22-39-10-5-7-29(39)45(12-6-11-39)17-23-18-51-19-23/h1,8-9,15-16,23,29,47-48H,5-7,10-14,17-22H2,2-3H3/t29-,38+,39-/m1/s1. The molecule has 0 bridgehead atoms. The Morgan fingerprint density at radius 1 is 1.08 bits per heavy atom. The molecule has 1 aliphatic carbocycles. The number of piperidine rings is 1. The monoisotopic (exact) mass is 715 g/mol. The zero-order valence-corrected chi connectivity index (χ0v) is 29.5. The zero-order chi connectivity index (χ0) is 36.2.